The monoisotopic (exact) mass is 708 g/mol. The van der Waals surface area contributed by atoms with Crippen molar-refractivity contribution < 1.29 is 35.8 Å². The molecule has 0 saturated heterocycles. The van der Waals surface area contributed by atoms with E-state index in [2.05, 4.69) is 20.1 Å². The van der Waals surface area contributed by atoms with Gasteiger partial charge in [0.2, 0.25) is 0 Å². The maximum absolute atomic E-state index is 14.8. The Morgan fingerprint density at radius 3 is 1.18 bits per heavy atom. The molecule has 0 aliphatic carbocycles. The standard InChI is InChI=1S/C43H46F6O2/c1-4-7-9-32-15-17-34(42(48)40(32)46)13-11-30-19-21-36(27-38(30)44)50-25-23-29(6-3)24-26-51-37-22-20-31(39(45)28-37)12-14-35-18-16-33(10-8-5-2)41(47)43(35)49/h4-5,15-22,27-29H,1-2,6-14,23-26H2,3H3. The van der Waals surface area contributed by atoms with E-state index in [9.17, 15) is 26.3 Å². The molecule has 0 amide bonds. The fourth-order valence-corrected chi connectivity index (χ4v) is 5.97. The van der Waals surface area contributed by atoms with Crippen molar-refractivity contribution in [1.29, 1.82) is 0 Å². The van der Waals surface area contributed by atoms with Crippen LogP contribution in [-0.2, 0) is 38.5 Å². The van der Waals surface area contributed by atoms with Crippen LogP contribution < -0.4 is 9.47 Å². The summed E-state index contributed by atoms with van der Waals surface area (Å²) < 4.78 is 99.2. The summed E-state index contributed by atoms with van der Waals surface area (Å²) in [5.41, 5.74) is 1.78. The lowest BCUT2D eigenvalue weighted by atomic mass is 9.99. The van der Waals surface area contributed by atoms with E-state index in [0.717, 1.165) is 6.42 Å². The average molecular weight is 709 g/mol. The highest BCUT2D eigenvalue weighted by Crippen LogP contribution is 2.25. The molecule has 4 aromatic carbocycles. The van der Waals surface area contributed by atoms with Gasteiger partial charge in [-0.1, -0.05) is 61.9 Å². The molecule has 0 heterocycles. The molecule has 0 atom stereocenters. The van der Waals surface area contributed by atoms with Crippen LogP contribution in [0.4, 0.5) is 26.3 Å². The number of benzene rings is 4. The number of aryl methyl sites for hydroxylation is 6. The fourth-order valence-electron chi connectivity index (χ4n) is 5.97. The molecule has 4 rings (SSSR count). The van der Waals surface area contributed by atoms with Gasteiger partial charge in [0.05, 0.1) is 13.2 Å². The molecule has 0 bridgehead atoms. The molecule has 0 spiro atoms. The van der Waals surface area contributed by atoms with Crippen molar-refractivity contribution >= 4 is 0 Å². The molecular formula is C43H46F6O2. The van der Waals surface area contributed by atoms with Gasteiger partial charge in [-0.05, 0) is 116 Å². The minimum atomic E-state index is -0.889. The van der Waals surface area contributed by atoms with Crippen molar-refractivity contribution in [2.75, 3.05) is 13.2 Å². The summed E-state index contributed by atoms with van der Waals surface area (Å²) in [5.74, 6) is -3.40. The first-order valence-electron chi connectivity index (χ1n) is 17.6. The van der Waals surface area contributed by atoms with Gasteiger partial charge in [0.15, 0.2) is 23.3 Å². The van der Waals surface area contributed by atoms with Crippen LogP contribution in [0, 0.1) is 40.8 Å². The first kappa shape index (κ1) is 39.3. The van der Waals surface area contributed by atoms with E-state index in [1.54, 1.807) is 60.7 Å². The molecule has 0 radical (unpaired) electrons. The van der Waals surface area contributed by atoms with Crippen LogP contribution in [0.1, 0.15) is 72.4 Å². The predicted octanol–water partition coefficient (Wildman–Crippen LogP) is 11.6. The number of rotatable bonds is 21. The highest BCUT2D eigenvalue weighted by Gasteiger charge is 2.16. The zero-order valence-electron chi connectivity index (χ0n) is 29.2. The predicted molar refractivity (Wildman–Crippen MR) is 191 cm³/mol. The lowest BCUT2D eigenvalue weighted by Crippen LogP contribution is -2.11. The van der Waals surface area contributed by atoms with Gasteiger partial charge in [-0.15, -0.1) is 13.2 Å². The quantitative estimate of drug-likeness (QED) is 0.0634. The van der Waals surface area contributed by atoms with Crippen LogP contribution in [0.5, 0.6) is 11.5 Å². The summed E-state index contributed by atoms with van der Waals surface area (Å²) in [6.45, 7) is 10.00. The molecule has 0 aromatic heterocycles. The molecule has 4 aromatic rings. The number of halogens is 6. The summed E-state index contributed by atoms with van der Waals surface area (Å²) in [7, 11) is 0. The zero-order valence-corrected chi connectivity index (χ0v) is 29.2. The van der Waals surface area contributed by atoms with E-state index in [-0.39, 0.29) is 42.7 Å². The molecule has 0 fully saturated rings. The first-order valence-corrected chi connectivity index (χ1v) is 17.6. The molecule has 2 nitrogen and oxygen atoms in total. The fraction of sp³-hybridized carbons (Fsp3) is 0.349. The summed E-state index contributed by atoms with van der Waals surface area (Å²) in [6.07, 6.45) is 8.18. The van der Waals surface area contributed by atoms with Gasteiger partial charge >= 0.3 is 0 Å². The molecule has 0 aliphatic rings. The largest absolute Gasteiger partial charge is 0.493 e. The van der Waals surface area contributed by atoms with Crippen molar-refractivity contribution in [3.8, 4) is 11.5 Å². The second-order valence-corrected chi connectivity index (χ2v) is 12.7. The van der Waals surface area contributed by atoms with Crippen molar-refractivity contribution in [2.45, 2.75) is 77.6 Å². The number of ether oxygens (including phenoxy) is 2. The molecule has 272 valence electrons. The minimum Gasteiger partial charge on any atom is -0.493 e. The molecule has 0 unspecified atom stereocenters. The third kappa shape index (κ3) is 11.3. The average Bonchev–Trinajstić information content (AvgIpc) is 3.12. The number of allylic oxidation sites excluding steroid dienone is 2. The summed E-state index contributed by atoms with van der Waals surface area (Å²) >= 11 is 0. The van der Waals surface area contributed by atoms with Gasteiger partial charge in [-0.3, -0.25) is 0 Å². The van der Waals surface area contributed by atoms with E-state index in [1.807, 2.05) is 0 Å². The van der Waals surface area contributed by atoms with E-state index < -0.39 is 34.9 Å². The second kappa shape index (κ2) is 19.8. The summed E-state index contributed by atoms with van der Waals surface area (Å²) in [6, 6.07) is 15.4. The van der Waals surface area contributed by atoms with Crippen LogP contribution in [0.15, 0.2) is 86.0 Å². The molecule has 0 N–H and O–H groups in total. The Kier molecular flexibility index (Phi) is 15.3. The van der Waals surface area contributed by atoms with Crippen molar-refractivity contribution in [3.05, 3.63) is 154 Å². The summed E-state index contributed by atoms with van der Waals surface area (Å²) in [5, 5.41) is 0. The van der Waals surface area contributed by atoms with E-state index in [1.165, 1.54) is 12.1 Å². The smallest absolute Gasteiger partial charge is 0.162 e. The van der Waals surface area contributed by atoms with Crippen LogP contribution in [-0.4, -0.2) is 13.2 Å². The Morgan fingerprint density at radius 1 is 0.510 bits per heavy atom. The van der Waals surface area contributed by atoms with Crippen molar-refractivity contribution in [3.63, 3.8) is 0 Å². The van der Waals surface area contributed by atoms with Crippen LogP contribution in [0.3, 0.4) is 0 Å². The Balaban J connectivity index is 1.19. The van der Waals surface area contributed by atoms with Crippen LogP contribution >= 0.6 is 0 Å². The SMILES string of the molecule is C=CCCc1ccc(CCc2ccc(OCCC(CC)CCOc3ccc(CCc4ccc(CCC=C)c(F)c4F)c(F)c3)cc2F)c(F)c1F. The van der Waals surface area contributed by atoms with Gasteiger partial charge in [0, 0.05) is 12.1 Å². The topological polar surface area (TPSA) is 18.5 Å². The maximum atomic E-state index is 14.8. The third-order valence-corrected chi connectivity index (χ3v) is 9.26. The number of hydrogen-bond acceptors (Lipinski definition) is 2. The lowest BCUT2D eigenvalue weighted by Gasteiger charge is -2.16. The molecule has 0 saturated carbocycles. The first-order chi connectivity index (χ1) is 24.6. The van der Waals surface area contributed by atoms with Crippen molar-refractivity contribution in [1.82, 2.24) is 0 Å². The molecule has 0 aliphatic heterocycles. The third-order valence-electron chi connectivity index (χ3n) is 9.26. The van der Waals surface area contributed by atoms with Gasteiger partial charge in [-0.2, -0.15) is 0 Å². The van der Waals surface area contributed by atoms with Gasteiger partial charge in [0.1, 0.15) is 23.1 Å². The maximum Gasteiger partial charge on any atom is 0.162 e. The van der Waals surface area contributed by atoms with Crippen LogP contribution in [0.25, 0.3) is 0 Å². The zero-order chi connectivity index (χ0) is 36.8. The lowest BCUT2D eigenvalue weighted by molar-refractivity contribution is 0.232. The minimum absolute atomic E-state index is 0.161. The van der Waals surface area contributed by atoms with E-state index in [0.29, 0.717) is 85.5 Å². The Morgan fingerprint density at radius 2 is 0.843 bits per heavy atom. The van der Waals surface area contributed by atoms with Crippen LogP contribution in [0.2, 0.25) is 0 Å². The molecule has 51 heavy (non-hydrogen) atoms. The number of hydrogen-bond donors (Lipinski definition) is 0. The van der Waals surface area contributed by atoms with Gasteiger partial charge < -0.3 is 9.47 Å². The van der Waals surface area contributed by atoms with E-state index >= 15 is 0 Å². The molecule has 8 heteroatoms. The highest BCUT2D eigenvalue weighted by atomic mass is 19.2. The second-order valence-electron chi connectivity index (χ2n) is 12.7. The van der Waals surface area contributed by atoms with Crippen molar-refractivity contribution in [2.24, 2.45) is 5.92 Å². The van der Waals surface area contributed by atoms with Gasteiger partial charge in [0.25, 0.3) is 0 Å². The Hall–Kier alpha value is -4.46. The Bertz CT molecular complexity index is 1640. The Labute approximate surface area is 297 Å². The summed E-state index contributed by atoms with van der Waals surface area (Å²) in [4.78, 5) is 0. The normalized spacial score (nSPS) is 11.2. The van der Waals surface area contributed by atoms with Gasteiger partial charge in [-0.25, -0.2) is 26.3 Å². The van der Waals surface area contributed by atoms with E-state index in [4.69, 9.17) is 9.47 Å². The molecular weight excluding hydrogens is 662 g/mol. The highest BCUT2D eigenvalue weighted by molar-refractivity contribution is 5.33.